The highest BCUT2D eigenvalue weighted by Crippen LogP contribution is 2.26. The van der Waals surface area contributed by atoms with Crippen molar-refractivity contribution >= 4 is 28.3 Å². The van der Waals surface area contributed by atoms with Gasteiger partial charge in [-0.1, -0.05) is 18.7 Å². The van der Waals surface area contributed by atoms with Crippen LogP contribution in [0.1, 0.15) is 36.6 Å². The normalized spacial score (nSPS) is 26.5. The van der Waals surface area contributed by atoms with Gasteiger partial charge in [-0.3, -0.25) is 4.99 Å². The van der Waals surface area contributed by atoms with Gasteiger partial charge in [0.1, 0.15) is 0 Å². The number of nitrogens with zero attached hydrogens (tertiary/aromatic N) is 1. The summed E-state index contributed by atoms with van der Waals surface area (Å²) in [5, 5.41) is 4.63. The third-order valence-corrected chi connectivity index (χ3v) is 5.53. The summed E-state index contributed by atoms with van der Waals surface area (Å²) in [6.07, 6.45) is 0. The molecule has 94 valence electrons. The van der Waals surface area contributed by atoms with Crippen LogP contribution in [0.3, 0.4) is 0 Å². The van der Waals surface area contributed by atoms with E-state index in [2.05, 4.69) is 45.1 Å². The van der Waals surface area contributed by atoms with E-state index < -0.39 is 0 Å². The fourth-order valence-corrected chi connectivity index (χ4v) is 3.80. The molecule has 4 heteroatoms. The van der Waals surface area contributed by atoms with Crippen molar-refractivity contribution in [1.82, 2.24) is 5.32 Å². The highest BCUT2D eigenvalue weighted by molar-refractivity contribution is 8.13. The SMILES string of the molecule is Cc1ccc(C(C)NC2=NC(C)C(C)CS2)s1. The third kappa shape index (κ3) is 3.26. The number of amidine groups is 1. The predicted molar refractivity (Wildman–Crippen MR) is 79.1 cm³/mol. The van der Waals surface area contributed by atoms with Crippen molar-refractivity contribution in [3.05, 3.63) is 21.9 Å². The van der Waals surface area contributed by atoms with E-state index in [1.807, 2.05) is 23.1 Å². The quantitative estimate of drug-likeness (QED) is 0.881. The standard InChI is InChI=1S/C13H20N2S2/c1-8-7-16-13(14-10(8)3)15-11(4)12-6-5-9(2)17-12/h5-6,8,10-11H,7H2,1-4H3,(H,14,15). The van der Waals surface area contributed by atoms with Crippen molar-refractivity contribution in [3.63, 3.8) is 0 Å². The van der Waals surface area contributed by atoms with E-state index in [0.717, 1.165) is 5.17 Å². The molecule has 0 radical (unpaired) electrons. The molecule has 2 nitrogen and oxygen atoms in total. The van der Waals surface area contributed by atoms with E-state index in [-0.39, 0.29) is 0 Å². The van der Waals surface area contributed by atoms with Gasteiger partial charge in [0.05, 0.1) is 12.1 Å². The van der Waals surface area contributed by atoms with Crippen molar-refractivity contribution in [1.29, 1.82) is 0 Å². The maximum Gasteiger partial charge on any atom is 0.157 e. The summed E-state index contributed by atoms with van der Waals surface area (Å²) in [6, 6.07) is 5.19. The molecule has 17 heavy (non-hydrogen) atoms. The zero-order chi connectivity index (χ0) is 12.4. The summed E-state index contributed by atoms with van der Waals surface area (Å²) < 4.78 is 0. The van der Waals surface area contributed by atoms with Gasteiger partial charge in [-0.2, -0.15) is 0 Å². The molecule has 1 aromatic heterocycles. The number of aliphatic imine (C=N–C) groups is 1. The van der Waals surface area contributed by atoms with Crippen molar-refractivity contribution in [2.45, 2.75) is 39.8 Å². The zero-order valence-corrected chi connectivity index (χ0v) is 12.5. The van der Waals surface area contributed by atoms with E-state index >= 15 is 0 Å². The maximum atomic E-state index is 4.71. The smallest absolute Gasteiger partial charge is 0.157 e. The molecule has 0 aromatic carbocycles. The van der Waals surface area contributed by atoms with Crippen LogP contribution in [0.2, 0.25) is 0 Å². The summed E-state index contributed by atoms with van der Waals surface area (Å²) in [5.41, 5.74) is 0. The Labute approximate surface area is 112 Å². The lowest BCUT2D eigenvalue weighted by molar-refractivity contribution is 0.532. The second-order valence-electron chi connectivity index (χ2n) is 4.78. The minimum absolute atomic E-state index is 0.362. The number of thiophene rings is 1. The molecule has 3 unspecified atom stereocenters. The molecule has 0 bridgehead atoms. The lowest BCUT2D eigenvalue weighted by atomic mass is 10.1. The summed E-state index contributed by atoms with van der Waals surface area (Å²) >= 11 is 3.71. The number of hydrogen-bond donors (Lipinski definition) is 1. The Hall–Kier alpha value is -0.480. The molecular weight excluding hydrogens is 248 g/mol. The average molecular weight is 268 g/mol. The average Bonchev–Trinajstić information content (AvgIpc) is 2.70. The molecule has 2 rings (SSSR count). The Morgan fingerprint density at radius 2 is 2.18 bits per heavy atom. The van der Waals surface area contributed by atoms with Gasteiger partial charge in [0.15, 0.2) is 5.17 Å². The van der Waals surface area contributed by atoms with E-state index in [9.17, 15) is 0 Å². The van der Waals surface area contributed by atoms with Gasteiger partial charge in [-0.05, 0) is 38.8 Å². The number of hydrogen-bond acceptors (Lipinski definition) is 4. The number of thioether (sulfide) groups is 1. The third-order valence-electron chi connectivity index (χ3n) is 3.16. The Balaban J connectivity index is 1.99. The Morgan fingerprint density at radius 3 is 2.76 bits per heavy atom. The monoisotopic (exact) mass is 268 g/mol. The molecule has 0 fully saturated rings. The van der Waals surface area contributed by atoms with Crippen LogP contribution < -0.4 is 5.32 Å². The van der Waals surface area contributed by atoms with Crippen LogP contribution in [-0.2, 0) is 0 Å². The highest BCUT2D eigenvalue weighted by atomic mass is 32.2. The number of rotatable bonds is 2. The Bertz CT molecular complexity index is 411. The molecule has 1 aliphatic heterocycles. The molecule has 3 atom stereocenters. The van der Waals surface area contributed by atoms with Crippen molar-refractivity contribution in [2.24, 2.45) is 10.9 Å². The molecule has 1 aromatic rings. The maximum absolute atomic E-state index is 4.71. The summed E-state index contributed by atoms with van der Waals surface area (Å²) in [5.74, 6) is 1.85. The van der Waals surface area contributed by atoms with Crippen LogP contribution in [0.25, 0.3) is 0 Å². The van der Waals surface area contributed by atoms with Crippen molar-refractivity contribution < 1.29 is 0 Å². The first-order chi connectivity index (χ1) is 8.06. The molecule has 0 saturated heterocycles. The molecule has 0 saturated carbocycles. The minimum atomic E-state index is 0.362. The van der Waals surface area contributed by atoms with Crippen molar-refractivity contribution in [3.8, 4) is 0 Å². The predicted octanol–water partition coefficient (Wildman–Crippen LogP) is 3.83. The molecule has 0 amide bonds. The molecule has 1 aliphatic rings. The Kier molecular flexibility index (Phi) is 4.15. The van der Waals surface area contributed by atoms with E-state index in [4.69, 9.17) is 4.99 Å². The van der Waals surface area contributed by atoms with Gasteiger partial charge in [0, 0.05) is 15.5 Å². The first-order valence-electron chi connectivity index (χ1n) is 6.09. The van der Waals surface area contributed by atoms with Crippen LogP contribution in [0.15, 0.2) is 17.1 Å². The summed E-state index contributed by atoms with van der Waals surface area (Å²) in [7, 11) is 0. The van der Waals surface area contributed by atoms with Crippen LogP contribution in [0.4, 0.5) is 0 Å². The van der Waals surface area contributed by atoms with Crippen LogP contribution in [0.5, 0.6) is 0 Å². The second-order valence-corrected chi connectivity index (χ2v) is 7.11. The first-order valence-corrected chi connectivity index (χ1v) is 7.90. The van der Waals surface area contributed by atoms with E-state index in [0.29, 0.717) is 18.0 Å². The first kappa shape index (κ1) is 13.0. The topological polar surface area (TPSA) is 24.4 Å². The van der Waals surface area contributed by atoms with E-state index in [1.54, 1.807) is 0 Å². The van der Waals surface area contributed by atoms with Gasteiger partial charge in [0.25, 0.3) is 0 Å². The summed E-state index contributed by atoms with van der Waals surface area (Å²) in [6.45, 7) is 8.82. The van der Waals surface area contributed by atoms with Gasteiger partial charge >= 0.3 is 0 Å². The summed E-state index contributed by atoms with van der Waals surface area (Å²) in [4.78, 5) is 7.46. The second kappa shape index (κ2) is 5.44. The van der Waals surface area contributed by atoms with Gasteiger partial charge in [-0.15, -0.1) is 11.3 Å². The minimum Gasteiger partial charge on any atom is -0.358 e. The van der Waals surface area contributed by atoms with Crippen LogP contribution in [0, 0.1) is 12.8 Å². The highest BCUT2D eigenvalue weighted by Gasteiger charge is 2.20. The fourth-order valence-electron chi connectivity index (χ4n) is 1.72. The number of aryl methyl sites for hydroxylation is 1. The van der Waals surface area contributed by atoms with Gasteiger partial charge in [-0.25, -0.2) is 0 Å². The lowest BCUT2D eigenvalue weighted by Crippen LogP contribution is -2.31. The Morgan fingerprint density at radius 1 is 1.41 bits per heavy atom. The molecule has 1 N–H and O–H groups in total. The largest absolute Gasteiger partial charge is 0.358 e. The molecular formula is C13H20N2S2. The number of nitrogens with one attached hydrogen (secondary N) is 1. The molecule has 0 spiro atoms. The van der Waals surface area contributed by atoms with Crippen LogP contribution >= 0.6 is 23.1 Å². The van der Waals surface area contributed by atoms with Crippen LogP contribution in [-0.4, -0.2) is 17.0 Å². The molecule has 2 heterocycles. The van der Waals surface area contributed by atoms with Gasteiger partial charge < -0.3 is 5.32 Å². The fraction of sp³-hybridized carbons (Fsp3) is 0.615. The molecule has 0 aliphatic carbocycles. The van der Waals surface area contributed by atoms with Crippen molar-refractivity contribution in [2.75, 3.05) is 5.75 Å². The zero-order valence-electron chi connectivity index (χ0n) is 10.9. The lowest BCUT2D eigenvalue weighted by Gasteiger charge is -2.25. The van der Waals surface area contributed by atoms with Gasteiger partial charge in [0.2, 0.25) is 0 Å². The van der Waals surface area contributed by atoms with E-state index in [1.165, 1.54) is 15.5 Å².